The van der Waals surface area contributed by atoms with Crippen LogP contribution in [0.2, 0.25) is 0 Å². The Labute approximate surface area is 234 Å². The SMILES string of the molecule is CC(CCCNC(=O)C(NC(=O)OCC1c2ccccc2-c2ccccc21)C(C)OCc1ccccc1)C(=O)O. The third-order valence-corrected chi connectivity index (χ3v) is 7.26. The highest BCUT2D eigenvalue weighted by Crippen LogP contribution is 2.44. The number of hydrogen-bond donors (Lipinski definition) is 3. The number of nitrogens with one attached hydrogen (secondary N) is 2. The summed E-state index contributed by atoms with van der Waals surface area (Å²) in [7, 11) is 0. The van der Waals surface area contributed by atoms with E-state index in [4.69, 9.17) is 14.6 Å². The van der Waals surface area contributed by atoms with E-state index >= 15 is 0 Å². The quantitative estimate of drug-likeness (QED) is 0.258. The summed E-state index contributed by atoms with van der Waals surface area (Å²) in [5.41, 5.74) is 5.40. The molecule has 8 heteroatoms. The van der Waals surface area contributed by atoms with Crippen LogP contribution < -0.4 is 10.6 Å². The normalized spacial score (nSPS) is 14.3. The zero-order valence-electron chi connectivity index (χ0n) is 22.8. The highest BCUT2D eigenvalue weighted by Gasteiger charge is 2.31. The van der Waals surface area contributed by atoms with Crippen LogP contribution in [0.5, 0.6) is 0 Å². The van der Waals surface area contributed by atoms with Gasteiger partial charge < -0.3 is 25.2 Å². The molecule has 0 fully saturated rings. The Hall–Kier alpha value is -4.17. The van der Waals surface area contributed by atoms with Crippen molar-refractivity contribution in [3.8, 4) is 11.1 Å². The first-order valence-corrected chi connectivity index (χ1v) is 13.6. The van der Waals surface area contributed by atoms with Crippen LogP contribution >= 0.6 is 0 Å². The van der Waals surface area contributed by atoms with E-state index in [-0.39, 0.29) is 25.7 Å². The summed E-state index contributed by atoms with van der Waals surface area (Å²) in [5.74, 6) is -1.89. The third kappa shape index (κ3) is 7.27. The topological polar surface area (TPSA) is 114 Å². The van der Waals surface area contributed by atoms with E-state index in [1.807, 2.05) is 66.7 Å². The molecular weight excluding hydrogens is 508 g/mol. The molecule has 8 nitrogen and oxygen atoms in total. The van der Waals surface area contributed by atoms with Gasteiger partial charge in [-0.25, -0.2) is 4.79 Å². The molecule has 3 aromatic rings. The van der Waals surface area contributed by atoms with Gasteiger partial charge in [-0.05, 0) is 47.6 Å². The molecule has 1 aliphatic carbocycles. The molecule has 1 aliphatic rings. The fourth-order valence-electron chi connectivity index (χ4n) is 4.91. The van der Waals surface area contributed by atoms with E-state index in [9.17, 15) is 14.4 Å². The molecule has 3 aromatic carbocycles. The van der Waals surface area contributed by atoms with Crippen molar-refractivity contribution in [1.82, 2.24) is 10.6 Å². The number of ether oxygens (including phenoxy) is 2. The molecule has 210 valence electrons. The molecule has 0 saturated heterocycles. The number of amides is 2. The van der Waals surface area contributed by atoms with Gasteiger partial charge in [0.25, 0.3) is 0 Å². The number of benzene rings is 3. The smallest absolute Gasteiger partial charge is 0.407 e. The largest absolute Gasteiger partial charge is 0.481 e. The molecule has 4 rings (SSSR count). The van der Waals surface area contributed by atoms with Gasteiger partial charge in [-0.1, -0.05) is 85.8 Å². The summed E-state index contributed by atoms with van der Waals surface area (Å²) in [6, 6.07) is 24.7. The van der Waals surface area contributed by atoms with E-state index in [1.165, 1.54) is 0 Å². The highest BCUT2D eigenvalue weighted by atomic mass is 16.5. The molecule has 40 heavy (non-hydrogen) atoms. The van der Waals surface area contributed by atoms with Crippen LogP contribution in [0.15, 0.2) is 78.9 Å². The van der Waals surface area contributed by atoms with Gasteiger partial charge in [0.2, 0.25) is 5.91 Å². The molecule has 0 spiro atoms. The molecule has 2 amide bonds. The number of aliphatic carboxylic acids is 1. The summed E-state index contributed by atoms with van der Waals surface area (Å²) < 4.78 is 11.6. The van der Waals surface area contributed by atoms with Gasteiger partial charge in [0.1, 0.15) is 12.6 Å². The minimum atomic E-state index is -1.00. The predicted molar refractivity (Wildman–Crippen MR) is 152 cm³/mol. The maximum Gasteiger partial charge on any atom is 0.407 e. The zero-order valence-corrected chi connectivity index (χ0v) is 22.8. The summed E-state index contributed by atoms with van der Waals surface area (Å²) >= 11 is 0. The Morgan fingerprint density at radius 1 is 0.875 bits per heavy atom. The van der Waals surface area contributed by atoms with Crippen molar-refractivity contribution in [2.24, 2.45) is 5.92 Å². The van der Waals surface area contributed by atoms with Crippen molar-refractivity contribution >= 4 is 18.0 Å². The van der Waals surface area contributed by atoms with Crippen molar-refractivity contribution in [2.75, 3.05) is 13.2 Å². The zero-order chi connectivity index (χ0) is 28.5. The Kier molecular flexibility index (Phi) is 9.91. The fraction of sp³-hybridized carbons (Fsp3) is 0.344. The highest BCUT2D eigenvalue weighted by molar-refractivity contribution is 5.86. The van der Waals surface area contributed by atoms with Crippen molar-refractivity contribution in [1.29, 1.82) is 0 Å². The van der Waals surface area contributed by atoms with Crippen LogP contribution in [-0.2, 0) is 25.7 Å². The maximum absolute atomic E-state index is 13.1. The molecule has 0 heterocycles. The summed E-state index contributed by atoms with van der Waals surface area (Å²) in [4.78, 5) is 37.2. The number of fused-ring (bicyclic) bond motifs is 3. The number of carboxylic acid groups (broad SMARTS) is 1. The predicted octanol–water partition coefficient (Wildman–Crippen LogP) is 5.12. The molecule has 0 bridgehead atoms. The van der Waals surface area contributed by atoms with Gasteiger partial charge in [0.15, 0.2) is 0 Å². The molecule has 3 N–H and O–H groups in total. The Bertz CT molecular complexity index is 1270. The fourth-order valence-corrected chi connectivity index (χ4v) is 4.91. The van der Waals surface area contributed by atoms with E-state index in [2.05, 4.69) is 22.8 Å². The Balaban J connectivity index is 1.38. The maximum atomic E-state index is 13.1. The van der Waals surface area contributed by atoms with E-state index in [1.54, 1.807) is 13.8 Å². The van der Waals surface area contributed by atoms with E-state index in [0.29, 0.717) is 12.8 Å². The van der Waals surface area contributed by atoms with Crippen LogP contribution in [0.4, 0.5) is 4.79 Å². The molecule has 3 atom stereocenters. The summed E-state index contributed by atoms with van der Waals surface area (Å²) in [6.45, 7) is 4.04. The first kappa shape index (κ1) is 28.8. The summed E-state index contributed by atoms with van der Waals surface area (Å²) in [6.07, 6.45) is -0.439. The summed E-state index contributed by atoms with van der Waals surface area (Å²) in [5, 5.41) is 14.6. The number of hydrogen-bond acceptors (Lipinski definition) is 5. The molecular formula is C32H36N2O6. The monoisotopic (exact) mass is 544 g/mol. The third-order valence-electron chi connectivity index (χ3n) is 7.26. The van der Waals surface area contributed by atoms with Crippen molar-refractivity contribution < 1.29 is 29.0 Å². The lowest BCUT2D eigenvalue weighted by Crippen LogP contribution is -2.53. The number of carbonyl (C=O) groups excluding carboxylic acids is 2. The minimum Gasteiger partial charge on any atom is -0.481 e. The van der Waals surface area contributed by atoms with Gasteiger partial charge in [-0.2, -0.15) is 0 Å². The van der Waals surface area contributed by atoms with Crippen LogP contribution in [0.3, 0.4) is 0 Å². The lowest BCUT2D eigenvalue weighted by molar-refractivity contribution is -0.141. The van der Waals surface area contributed by atoms with Crippen molar-refractivity contribution in [3.63, 3.8) is 0 Å². The number of rotatable bonds is 13. The van der Waals surface area contributed by atoms with Crippen molar-refractivity contribution in [2.45, 2.75) is 51.4 Å². The van der Waals surface area contributed by atoms with Crippen LogP contribution in [-0.4, -0.2) is 48.4 Å². The van der Waals surface area contributed by atoms with Gasteiger partial charge in [0.05, 0.1) is 18.6 Å². The first-order valence-electron chi connectivity index (χ1n) is 13.6. The number of alkyl carbamates (subject to hydrolysis) is 1. The van der Waals surface area contributed by atoms with Crippen molar-refractivity contribution in [3.05, 3.63) is 95.6 Å². The lowest BCUT2D eigenvalue weighted by Gasteiger charge is -2.25. The number of carbonyl (C=O) groups is 3. The van der Waals surface area contributed by atoms with Crippen LogP contribution in [0.1, 0.15) is 49.3 Å². The average molecular weight is 545 g/mol. The van der Waals surface area contributed by atoms with E-state index in [0.717, 1.165) is 27.8 Å². The van der Waals surface area contributed by atoms with Gasteiger partial charge in [0, 0.05) is 12.5 Å². The first-order chi connectivity index (χ1) is 19.3. The van der Waals surface area contributed by atoms with Gasteiger partial charge >= 0.3 is 12.1 Å². The van der Waals surface area contributed by atoms with Crippen LogP contribution in [0.25, 0.3) is 11.1 Å². The van der Waals surface area contributed by atoms with Crippen LogP contribution in [0, 0.1) is 5.92 Å². The minimum absolute atomic E-state index is 0.103. The molecule has 3 unspecified atom stereocenters. The average Bonchev–Trinajstić information content (AvgIpc) is 3.29. The lowest BCUT2D eigenvalue weighted by atomic mass is 9.98. The number of carboxylic acids is 1. The molecule has 0 radical (unpaired) electrons. The second-order valence-corrected chi connectivity index (χ2v) is 10.1. The Morgan fingerprint density at radius 2 is 1.48 bits per heavy atom. The Morgan fingerprint density at radius 3 is 2.10 bits per heavy atom. The van der Waals surface area contributed by atoms with E-state index < -0.39 is 36.0 Å². The molecule has 0 aromatic heterocycles. The standard InChI is InChI=1S/C32H36N2O6/c1-21(31(36)37)11-10-18-33-30(35)29(22(2)39-19-23-12-4-3-5-13-23)34-32(38)40-20-28-26-16-8-6-14-24(26)25-15-7-9-17-27(25)28/h3-9,12-17,21-22,28-29H,10-11,18-20H2,1-2H3,(H,33,35)(H,34,38)(H,36,37). The second-order valence-electron chi connectivity index (χ2n) is 10.1. The van der Waals surface area contributed by atoms with Gasteiger partial charge in [-0.3, -0.25) is 9.59 Å². The van der Waals surface area contributed by atoms with Gasteiger partial charge in [-0.15, -0.1) is 0 Å². The molecule has 0 aliphatic heterocycles. The second kappa shape index (κ2) is 13.8. The molecule has 0 saturated carbocycles.